The van der Waals surface area contributed by atoms with Crippen LogP contribution in [0.5, 0.6) is 0 Å². The standard InChI is InChI=1S/C19H12BrF3N4/c1-11-17-15(19(21,22)23)10-16(12-6-8-24-9-7-12)25-18(17)27(26-11)14-4-2-13(20)3-5-14/h2-10H,1H3. The van der Waals surface area contributed by atoms with Crippen molar-refractivity contribution in [2.45, 2.75) is 13.1 Å². The van der Waals surface area contributed by atoms with Crippen LogP contribution >= 0.6 is 15.9 Å². The molecule has 4 nitrogen and oxygen atoms in total. The van der Waals surface area contributed by atoms with Crippen LogP contribution in [0.4, 0.5) is 13.2 Å². The summed E-state index contributed by atoms with van der Waals surface area (Å²) in [7, 11) is 0. The van der Waals surface area contributed by atoms with E-state index in [2.05, 4.69) is 31.0 Å². The molecular formula is C19H12BrF3N4. The molecule has 0 amide bonds. The predicted octanol–water partition coefficient (Wildman–Crippen LogP) is 5.57. The number of aromatic nitrogens is 4. The number of benzene rings is 1. The molecule has 0 saturated carbocycles. The molecule has 3 heterocycles. The highest BCUT2D eigenvalue weighted by atomic mass is 79.9. The van der Waals surface area contributed by atoms with E-state index in [0.29, 0.717) is 11.3 Å². The molecule has 8 heteroatoms. The van der Waals surface area contributed by atoms with Gasteiger partial charge in [-0.3, -0.25) is 4.98 Å². The predicted molar refractivity (Wildman–Crippen MR) is 99.5 cm³/mol. The lowest BCUT2D eigenvalue weighted by Crippen LogP contribution is -2.08. The van der Waals surface area contributed by atoms with E-state index in [1.165, 1.54) is 17.1 Å². The molecular weight excluding hydrogens is 421 g/mol. The van der Waals surface area contributed by atoms with Crippen LogP contribution in [0.1, 0.15) is 11.3 Å². The number of pyridine rings is 2. The van der Waals surface area contributed by atoms with E-state index in [-0.39, 0.29) is 22.4 Å². The molecule has 1 aromatic carbocycles. The van der Waals surface area contributed by atoms with E-state index in [1.54, 1.807) is 43.3 Å². The summed E-state index contributed by atoms with van der Waals surface area (Å²) in [6.45, 7) is 1.56. The van der Waals surface area contributed by atoms with Gasteiger partial charge in [-0.25, -0.2) is 9.67 Å². The molecule has 0 bridgehead atoms. The largest absolute Gasteiger partial charge is 0.417 e. The molecule has 136 valence electrons. The quantitative estimate of drug-likeness (QED) is 0.415. The maximum Gasteiger partial charge on any atom is 0.417 e. The first-order valence-corrected chi connectivity index (χ1v) is 8.78. The second kappa shape index (κ2) is 6.45. The van der Waals surface area contributed by atoms with Crippen molar-refractivity contribution >= 4 is 27.0 Å². The van der Waals surface area contributed by atoms with Gasteiger partial charge in [0.15, 0.2) is 5.65 Å². The first-order valence-electron chi connectivity index (χ1n) is 7.98. The van der Waals surface area contributed by atoms with Crippen molar-refractivity contribution in [3.05, 3.63) is 70.6 Å². The summed E-state index contributed by atoms with van der Waals surface area (Å²) in [6, 6.07) is 11.5. The molecule has 4 aromatic rings. The maximum atomic E-state index is 13.8. The van der Waals surface area contributed by atoms with Crippen molar-refractivity contribution in [3.8, 4) is 16.9 Å². The van der Waals surface area contributed by atoms with Gasteiger partial charge in [0.25, 0.3) is 0 Å². The normalized spacial score (nSPS) is 11.9. The molecule has 0 aliphatic rings. The van der Waals surface area contributed by atoms with Crippen molar-refractivity contribution in [2.75, 3.05) is 0 Å². The highest BCUT2D eigenvalue weighted by Crippen LogP contribution is 2.38. The van der Waals surface area contributed by atoms with Crippen LogP contribution in [0.15, 0.2) is 59.3 Å². The molecule has 4 rings (SSSR count). The number of halogens is 4. The van der Waals surface area contributed by atoms with Gasteiger partial charge in [-0.2, -0.15) is 18.3 Å². The monoisotopic (exact) mass is 432 g/mol. The fourth-order valence-electron chi connectivity index (χ4n) is 2.95. The molecule has 0 unspecified atom stereocenters. The number of rotatable bonds is 2. The van der Waals surface area contributed by atoms with Crippen LogP contribution in [0.25, 0.3) is 28.0 Å². The van der Waals surface area contributed by atoms with Crippen LogP contribution in [0.2, 0.25) is 0 Å². The number of fused-ring (bicyclic) bond motifs is 1. The third-order valence-corrected chi connectivity index (χ3v) is 4.69. The van der Waals surface area contributed by atoms with Gasteiger partial charge in [0.05, 0.1) is 28.0 Å². The zero-order valence-electron chi connectivity index (χ0n) is 14.0. The molecule has 0 spiro atoms. The molecule has 0 N–H and O–H groups in total. The van der Waals surface area contributed by atoms with Gasteiger partial charge in [-0.1, -0.05) is 15.9 Å². The molecule has 0 fully saturated rings. The molecule has 0 radical (unpaired) electrons. The van der Waals surface area contributed by atoms with Gasteiger partial charge >= 0.3 is 6.18 Å². The molecule has 27 heavy (non-hydrogen) atoms. The summed E-state index contributed by atoms with van der Waals surface area (Å²) >= 11 is 3.35. The summed E-state index contributed by atoms with van der Waals surface area (Å²) < 4.78 is 43.6. The van der Waals surface area contributed by atoms with Crippen molar-refractivity contribution in [3.63, 3.8) is 0 Å². The van der Waals surface area contributed by atoms with Gasteiger partial charge < -0.3 is 0 Å². The van der Waals surface area contributed by atoms with Crippen molar-refractivity contribution < 1.29 is 13.2 Å². The maximum absolute atomic E-state index is 13.8. The van der Waals surface area contributed by atoms with Gasteiger partial charge in [0.2, 0.25) is 0 Å². The summed E-state index contributed by atoms with van der Waals surface area (Å²) in [5.74, 6) is 0. The zero-order chi connectivity index (χ0) is 19.2. The smallest absolute Gasteiger partial charge is 0.265 e. The van der Waals surface area contributed by atoms with E-state index in [0.717, 1.165) is 10.5 Å². The first-order chi connectivity index (χ1) is 12.8. The molecule has 0 aliphatic heterocycles. The molecule has 0 aliphatic carbocycles. The number of alkyl halides is 3. The van der Waals surface area contributed by atoms with Gasteiger partial charge in [0.1, 0.15) is 0 Å². The van der Waals surface area contributed by atoms with Crippen molar-refractivity contribution in [2.24, 2.45) is 0 Å². The average Bonchev–Trinajstić information content (AvgIpc) is 2.98. The van der Waals surface area contributed by atoms with Gasteiger partial charge in [-0.15, -0.1) is 0 Å². The highest BCUT2D eigenvalue weighted by Gasteiger charge is 2.35. The second-order valence-corrected chi connectivity index (χ2v) is 6.88. The fourth-order valence-corrected chi connectivity index (χ4v) is 3.21. The lowest BCUT2D eigenvalue weighted by Gasteiger charge is -2.11. The van der Waals surface area contributed by atoms with Crippen LogP contribution in [-0.2, 0) is 6.18 Å². The number of nitrogens with zero attached hydrogens (tertiary/aromatic N) is 4. The summed E-state index contributed by atoms with van der Waals surface area (Å²) in [5, 5.41) is 4.33. The van der Waals surface area contributed by atoms with Gasteiger partial charge in [-0.05, 0) is 49.4 Å². The Morgan fingerprint density at radius 1 is 1.00 bits per heavy atom. The zero-order valence-corrected chi connectivity index (χ0v) is 15.6. The lowest BCUT2D eigenvalue weighted by atomic mass is 10.1. The minimum absolute atomic E-state index is 0.00299. The fraction of sp³-hybridized carbons (Fsp3) is 0.105. The van der Waals surface area contributed by atoms with Crippen LogP contribution < -0.4 is 0 Å². The van der Waals surface area contributed by atoms with Crippen LogP contribution in [0, 0.1) is 6.92 Å². The Morgan fingerprint density at radius 3 is 2.30 bits per heavy atom. The van der Waals surface area contributed by atoms with Crippen LogP contribution in [0.3, 0.4) is 0 Å². The first kappa shape index (κ1) is 17.7. The molecule has 3 aromatic heterocycles. The second-order valence-electron chi connectivity index (χ2n) is 5.96. The highest BCUT2D eigenvalue weighted by molar-refractivity contribution is 9.10. The Kier molecular flexibility index (Phi) is 4.22. The Hall–Kier alpha value is -2.74. The van der Waals surface area contributed by atoms with Crippen LogP contribution in [-0.4, -0.2) is 19.7 Å². The number of hydrogen-bond acceptors (Lipinski definition) is 3. The van der Waals surface area contributed by atoms with E-state index >= 15 is 0 Å². The summed E-state index contributed by atoms with van der Waals surface area (Å²) in [6.07, 6.45) is -1.49. The molecule has 0 atom stereocenters. The Bertz CT molecular complexity index is 1120. The van der Waals surface area contributed by atoms with Crippen molar-refractivity contribution in [1.82, 2.24) is 19.7 Å². The third kappa shape index (κ3) is 3.21. The Morgan fingerprint density at radius 2 is 1.67 bits per heavy atom. The van der Waals surface area contributed by atoms with E-state index in [4.69, 9.17) is 0 Å². The third-order valence-electron chi connectivity index (χ3n) is 4.17. The lowest BCUT2D eigenvalue weighted by molar-refractivity contribution is -0.136. The SMILES string of the molecule is Cc1nn(-c2ccc(Br)cc2)c2nc(-c3ccncc3)cc(C(F)(F)F)c12. The van der Waals surface area contributed by atoms with Gasteiger partial charge in [0, 0.05) is 22.4 Å². The summed E-state index contributed by atoms with van der Waals surface area (Å²) in [5.41, 5.74) is 1.09. The average molecular weight is 433 g/mol. The Labute approximate surface area is 160 Å². The summed E-state index contributed by atoms with van der Waals surface area (Å²) in [4.78, 5) is 8.41. The van der Waals surface area contributed by atoms with E-state index in [1.807, 2.05) is 0 Å². The topological polar surface area (TPSA) is 43.6 Å². The minimum atomic E-state index is -4.53. The number of aryl methyl sites for hydroxylation is 1. The van der Waals surface area contributed by atoms with E-state index < -0.39 is 11.7 Å². The minimum Gasteiger partial charge on any atom is -0.265 e. The Balaban J connectivity index is 2.06. The van der Waals surface area contributed by atoms with E-state index in [9.17, 15) is 13.2 Å². The molecule has 0 saturated heterocycles. The number of hydrogen-bond donors (Lipinski definition) is 0. The van der Waals surface area contributed by atoms with Crippen molar-refractivity contribution in [1.29, 1.82) is 0 Å².